The third-order valence-corrected chi connectivity index (χ3v) is 4.65. The minimum Gasteiger partial charge on any atom is -0.481 e. The molecule has 1 aliphatic rings. The Morgan fingerprint density at radius 2 is 2.19 bits per heavy atom. The van der Waals surface area contributed by atoms with Crippen molar-refractivity contribution in [3.05, 3.63) is 15.6 Å². The Hall–Kier alpha value is -1.43. The molecule has 6 heteroatoms. The van der Waals surface area contributed by atoms with Crippen molar-refractivity contribution in [1.29, 1.82) is 0 Å². The van der Waals surface area contributed by atoms with E-state index in [-0.39, 0.29) is 18.4 Å². The Kier molecular flexibility index (Phi) is 4.98. The minimum atomic E-state index is -0.845. The van der Waals surface area contributed by atoms with Crippen molar-refractivity contribution < 1.29 is 14.7 Å². The number of rotatable bonds is 5. The predicted molar refractivity (Wildman–Crippen MR) is 81.7 cm³/mol. The zero-order valence-corrected chi connectivity index (χ0v) is 13.6. The number of amides is 1. The lowest BCUT2D eigenvalue weighted by atomic mass is 10.1. The summed E-state index contributed by atoms with van der Waals surface area (Å²) < 4.78 is 0. The maximum atomic E-state index is 12.8. The zero-order chi connectivity index (χ0) is 15.6. The van der Waals surface area contributed by atoms with Gasteiger partial charge in [0.25, 0.3) is 5.91 Å². The zero-order valence-electron chi connectivity index (χ0n) is 12.8. The topological polar surface area (TPSA) is 70.5 Å². The van der Waals surface area contributed by atoms with Crippen LogP contribution in [0.2, 0.25) is 0 Å². The van der Waals surface area contributed by atoms with Crippen LogP contribution in [0, 0.1) is 12.8 Å². The fourth-order valence-corrected chi connectivity index (χ4v) is 3.71. The van der Waals surface area contributed by atoms with E-state index in [1.165, 1.54) is 11.3 Å². The van der Waals surface area contributed by atoms with Gasteiger partial charge in [-0.25, -0.2) is 4.98 Å². The molecule has 1 atom stereocenters. The second-order valence-electron chi connectivity index (χ2n) is 6.00. The highest BCUT2D eigenvalue weighted by Gasteiger charge is 2.33. The summed E-state index contributed by atoms with van der Waals surface area (Å²) >= 11 is 1.42. The Labute approximate surface area is 129 Å². The van der Waals surface area contributed by atoms with Crippen molar-refractivity contribution in [3.63, 3.8) is 0 Å². The van der Waals surface area contributed by atoms with Crippen LogP contribution in [0.4, 0.5) is 0 Å². The first-order valence-corrected chi connectivity index (χ1v) is 8.19. The van der Waals surface area contributed by atoms with E-state index < -0.39 is 5.97 Å². The highest BCUT2D eigenvalue weighted by Crippen LogP contribution is 2.27. The standard InChI is InChI=1S/C15H22N2O3S/c1-9(2)7-12-14(21-10(3)16-12)15(20)17-6-4-5-11(17)8-13(18)19/h9,11H,4-8H2,1-3H3,(H,18,19). The van der Waals surface area contributed by atoms with Gasteiger partial charge in [-0.15, -0.1) is 11.3 Å². The SMILES string of the molecule is Cc1nc(CC(C)C)c(C(=O)N2CCCC2CC(=O)O)s1. The number of aliphatic carboxylic acids is 1. The van der Waals surface area contributed by atoms with Crippen LogP contribution < -0.4 is 0 Å². The van der Waals surface area contributed by atoms with Gasteiger partial charge in [-0.2, -0.15) is 0 Å². The molecule has 1 aliphatic heterocycles. The van der Waals surface area contributed by atoms with Crippen LogP contribution in [0.5, 0.6) is 0 Å². The second-order valence-corrected chi connectivity index (χ2v) is 7.20. The quantitative estimate of drug-likeness (QED) is 0.908. The average molecular weight is 310 g/mol. The number of likely N-dealkylation sites (tertiary alicyclic amines) is 1. The Balaban J connectivity index is 2.21. The molecule has 5 nitrogen and oxygen atoms in total. The Morgan fingerprint density at radius 3 is 2.81 bits per heavy atom. The number of thiazole rings is 1. The molecule has 1 N–H and O–H groups in total. The van der Waals surface area contributed by atoms with E-state index in [0.717, 1.165) is 30.0 Å². The molecule has 0 bridgehead atoms. The molecule has 1 aromatic heterocycles. The number of carboxylic acids is 1. The van der Waals surface area contributed by atoms with Gasteiger partial charge >= 0.3 is 5.97 Å². The molecule has 21 heavy (non-hydrogen) atoms. The van der Waals surface area contributed by atoms with E-state index >= 15 is 0 Å². The van der Waals surface area contributed by atoms with Crippen LogP contribution >= 0.6 is 11.3 Å². The molecule has 0 radical (unpaired) electrons. The van der Waals surface area contributed by atoms with Gasteiger partial charge in [0.05, 0.1) is 17.1 Å². The summed E-state index contributed by atoms with van der Waals surface area (Å²) in [5.41, 5.74) is 0.860. The Bertz CT molecular complexity index is 539. The first-order chi connectivity index (χ1) is 9.88. The molecule has 1 fully saturated rings. The fourth-order valence-electron chi connectivity index (χ4n) is 2.81. The minimum absolute atomic E-state index is 0.0308. The lowest BCUT2D eigenvalue weighted by molar-refractivity contribution is -0.137. The van der Waals surface area contributed by atoms with Crippen LogP contribution in [0.25, 0.3) is 0 Å². The summed E-state index contributed by atoms with van der Waals surface area (Å²) in [6, 6.07) is -0.177. The van der Waals surface area contributed by atoms with Crippen LogP contribution in [0.15, 0.2) is 0 Å². The van der Waals surface area contributed by atoms with E-state index in [0.29, 0.717) is 17.3 Å². The number of nitrogens with zero attached hydrogens (tertiary/aromatic N) is 2. The first kappa shape index (κ1) is 15.9. The van der Waals surface area contributed by atoms with Crippen molar-refractivity contribution in [2.75, 3.05) is 6.54 Å². The molecule has 0 aliphatic carbocycles. The highest BCUT2D eigenvalue weighted by atomic mass is 32.1. The number of carbonyl (C=O) groups excluding carboxylic acids is 1. The largest absolute Gasteiger partial charge is 0.481 e. The summed E-state index contributed by atoms with van der Waals surface area (Å²) in [5.74, 6) is -0.450. The third-order valence-electron chi connectivity index (χ3n) is 3.65. The molecule has 2 rings (SSSR count). The second kappa shape index (κ2) is 6.56. The summed E-state index contributed by atoms with van der Waals surface area (Å²) in [6.07, 6.45) is 2.46. The van der Waals surface area contributed by atoms with Crippen LogP contribution in [0.3, 0.4) is 0 Å². The van der Waals surface area contributed by atoms with Gasteiger partial charge in [0.1, 0.15) is 4.88 Å². The monoisotopic (exact) mass is 310 g/mol. The molecule has 0 saturated carbocycles. The van der Waals surface area contributed by atoms with E-state index in [1.54, 1.807) is 4.90 Å². The fraction of sp³-hybridized carbons (Fsp3) is 0.667. The van der Waals surface area contributed by atoms with Crippen LogP contribution in [0.1, 0.15) is 53.5 Å². The summed E-state index contributed by atoms with van der Waals surface area (Å²) in [6.45, 7) is 6.76. The number of hydrogen-bond acceptors (Lipinski definition) is 4. The van der Waals surface area contributed by atoms with Gasteiger partial charge < -0.3 is 10.0 Å². The third kappa shape index (κ3) is 3.81. The summed E-state index contributed by atoms with van der Waals surface area (Å²) in [4.78, 5) is 30.6. The molecule has 1 saturated heterocycles. The first-order valence-electron chi connectivity index (χ1n) is 7.37. The molecule has 1 unspecified atom stereocenters. The Morgan fingerprint density at radius 1 is 1.48 bits per heavy atom. The number of aryl methyl sites for hydroxylation is 1. The molecular weight excluding hydrogens is 288 g/mol. The van der Waals surface area contributed by atoms with E-state index in [9.17, 15) is 9.59 Å². The molecular formula is C15H22N2O3S. The van der Waals surface area contributed by atoms with Crippen LogP contribution in [-0.2, 0) is 11.2 Å². The number of hydrogen-bond donors (Lipinski definition) is 1. The van der Waals surface area contributed by atoms with Crippen molar-refractivity contribution in [2.24, 2.45) is 5.92 Å². The summed E-state index contributed by atoms with van der Waals surface area (Å²) in [7, 11) is 0. The average Bonchev–Trinajstić information content (AvgIpc) is 2.94. The maximum Gasteiger partial charge on any atom is 0.305 e. The van der Waals surface area contributed by atoms with Crippen molar-refractivity contribution >= 4 is 23.2 Å². The van der Waals surface area contributed by atoms with E-state index in [2.05, 4.69) is 18.8 Å². The smallest absolute Gasteiger partial charge is 0.305 e. The van der Waals surface area contributed by atoms with Gasteiger partial charge in [0.15, 0.2) is 0 Å². The van der Waals surface area contributed by atoms with Crippen molar-refractivity contribution in [2.45, 2.75) is 52.5 Å². The number of carboxylic acid groups (broad SMARTS) is 1. The van der Waals surface area contributed by atoms with Gasteiger partial charge in [0, 0.05) is 12.6 Å². The maximum absolute atomic E-state index is 12.8. The lowest BCUT2D eigenvalue weighted by Crippen LogP contribution is -2.36. The van der Waals surface area contributed by atoms with Gasteiger partial charge in [-0.1, -0.05) is 13.8 Å². The summed E-state index contributed by atoms with van der Waals surface area (Å²) in [5, 5.41) is 9.87. The van der Waals surface area contributed by atoms with E-state index in [4.69, 9.17) is 5.11 Å². The van der Waals surface area contributed by atoms with Crippen LogP contribution in [-0.4, -0.2) is 39.5 Å². The normalized spacial score (nSPS) is 18.5. The number of aromatic nitrogens is 1. The van der Waals surface area contributed by atoms with Gasteiger partial charge in [-0.05, 0) is 32.1 Å². The van der Waals surface area contributed by atoms with Gasteiger partial charge in [-0.3, -0.25) is 9.59 Å². The molecule has 0 aromatic carbocycles. The molecule has 116 valence electrons. The lowest BCUT2D eigenvalue weighted by Gasteiger charge is -2.23. The molecule has 0 spiro atoms. The van der Waals surface area contributed by atoms with Gasteiger partial charge in [0.2, 0.25) is 0 Å². The molecule has 1 aromatic rings. The number of carbonyl (C=O) groups is 2. The van der Waals surface area contributed by atoms with E-state index in [1.807, 2.05) is 6.92 Å². The highest BCUT2D eigenvalue weighted by molar-refractivity contribution is 7.13. The van der Waals surface area contributed by atoms with Crippen molar-refractivity contribution in [1.82, 2.24) is 9.88 Å². The molecule has 1 amide bonds. The predicted octanol–water partition coefficient (Wildman–Crippen LogP) is 2.73. The molecule has 2 heterocycles. The van der Waals surface area contributed by atoms with Crippen molar-refractivity contribution in [3.8, 4) is 0 Å².